The highest BCUT2D eigenvalue weighted by Gasteiger charge is 2.20. The van der Waals surface area contributed by atoms with E-state index in [1.54, 1.807) is 28.7 Å². The topological polar surface area (TPSA) is 34.4 Å². The Balaban J connectivity index is 1.99. The van der Waals surface area contributed by atoms with Crippen LogP contribution in [-0.4, -0.2) is 15.7 Å². The lowest BCUT2D eigenvalue weighted by molar-refractivity contribution is 0.111. The second-order valence-corrected chi connectivity index (χ2v) is 6.78. The average molecular weight is 354 g/mol. The predicted octanol–water partition coefficient (Wildman–Crippen LogP) is 5.13. The van der Waals surface area contributed by atoms with Crippen molar-refractivity contribution >= 4 is 22.6 Å². The number of thiazole rings is 1. The van der Waals surface area contributed by atoms with E-state index in [-0.39, 0.29) is 11.6 Å². The number of carbonyl (C=O) groups is 1. The molecule has 124 valence electrons. The molecular weight excluding hydrogens is 342 g/mol. The van der Waals surface area contributed by atoms with Crippen molar-refractivity contribution in [1.82, 2.24) is 9.38 Å². The van der Waals surface area contributed by atoms with Crippen LogP contribution in [0.5, 0.6) is 0 Å². The van der Waals surface area contributed by atoms with Crippen LogP contribution in [0.4, 0.5) is 8.78 Å². The third-order valence-corrected chi connectivity index (χ3v) is 4.99. The quantitative estimate of drug-likeness (QED) is 0.478. The van der Waals surface area contributed by atoms with Crippen molar-refractivity contribution in [1.29, 1.82) is 0 Å². The molecule has 4 aromatic rings. The molecule has 0 radical (unpaired) electrons. The van der Waals surface area contributed by atoms with Gasteiger partial charge in [0, 0.05) is 10.4 Å². The van der Waals surface area contributed by atoms with Crippen LogP contribution in [0.3, 0.4) is 0 Å². The third-order valence-electron chi connectivity index (χ3n) is 4.03. The van der Waals surface area contributed by atoms with Gasteiger partial charge in [-0.05, 0) is 61.0 Å². The molecule has 4 rings (SSSR count). The summed E-state index contributed by atoms with van der Waals surface area (Å²) >= 11 is 1.45. The van der Waals surface area contributed by atoms with E-state index < -0.39 is 0 Å². The van der Waals surface area contributed by atoms with Crippen molar-refractivity contribution in [3.8, 4) is 22.5 Å². The van der Waals surface area contributed by atoms with E-state index in [9.17, 15) is 13.6 Å². The molecule has 0 unspecified atom stereocenters. The van der Waals surface area contributed by atoms with Gasteiger partial charge in [0.2, 0.25) is 0 Å². The molecule has 0 aliphatic rings. The first-order valence-corrected chi connectivity index (χ1v) is 8.39. The van der Waals surface area contributed by atoms with Gasteiger partial charge in [-0.3, -0.25) is 9.20 Å². The minimum absolute atomic E-state index is 0.318. The van der Waals surface area contributed by atoms with Crippen LogP contribution in [0, 0.1) is 18.6 Å². The Morgan fingerprint density at radius 3 is 2.08 bits per heavy atom. The van der Waals surface area contributed by atoms with E-state index in [1.807, 2.05) is 6.92 Å². The number of aldehydes is 1. The smallest absolute Gasteiger partial charge is 0.195 e. The Hall–Kier alpha value is -2.86. The molecule has 0 bridgehead atoms. The largest absolute Gasteiger partial charge is 0.296 e. The summed E-state index contributed by atoms with van der Waals surface area (Å²) in [6, 6.07) is 12.0. The van der Waals surface area contributed by atoms with Gasteiger partial charge in [0.15, 0.2) is 11.2 Å². The van der Waals surface area contributed by atoms with Gasteiger partial charge in [-0.25, -0.2) is 13.8 Å². The number of hydrogen-bond donors (Lipinski definition) is 0. The molecule has 0 fully saturated rings. The van der Waals surface area contributed by atoms with Gasteiger partial charge in [0.05, 0.1) is 5.69 Å². The van der Waals surface area contributed by atoms with Gasteiger partial charge in [-0.15, -0.1) is 11.3 Å². The molecule has 0 aliphatic heterocycles. The van der Waals surface area contributed by atoms with Crippen LogP contribution in [0.1, 0.15) is 15.4 Å². The maximum Gasteiger partial charge on any atom is 0.195 e. The maximum absolute atomic E-state index is 13.2. The zero-order valence-corrected chi connectivity index (χ0v) is 14.0. The first-order chi connectivity index (χ1) is 12.1. The summed E-state index contributed by atoms with van der Waals surface area (Å²) in [5.74, 6) is -0.665. The first kappa shape index (κ1) is 15.7. The SMILES string of the molecule is Cc1sc2nc(-c3ccc(F)cc3)c(C=O)n2c1-c1ccc(F)cc1. The third kappa shape index (κ3) is 2.55. The van der Waals surface area contributed by atoms with Crippen molar-refractivity contribution in [2.75, 3.05) is 0 Å². The number of nitrogens with zero attached hydrogens (tertiary/aromatic N) is 2. The Morgan fingerprint density at radius 1 is 0.960 bits per heavy atom. The summed E-state index contributed by atoms with van der Waals surface area (Å²) in [4.78, 5) is 18.0. The van der Waals surface area contributed by atoms with Gasteiger partial charge in [-0.2, -0.15) is 0 Å². The summed E-state index contributed by atoms with van der Waals surface area (Å²) in [5.41, 5.74) is 3.18. The van der Waals surface area contributed by atoms with Crippen molar-refractivity contribution in [2.24, 2.45) is 0 Å². The number of aryl methyl sites for hydroxylation is 1. The Bertz CT molecular complexity index is 1080. The van der Waals surface area contributed by atoms with Gasteiger partial charge in [-0.1, -0.05) is 0 Å². The fourth-order valence-corrected chi connectivity index (χ4v) is 3.91. The minimum atomic E-state index is -0.347. The highest BCUT2D eigenvalue weighted by atomic mass is 32.1. The molecule has 3 nitrogen and oxygen atoms in total. The lowest BCUT2D eigenvalue weighted by atomic mass is 10.1. The molecule has 25 heavy (non-hydrogen) atoms. The molecule has 0 spiro atoms. The van der Waals surface area contributed by atoms with Crippen LogP contribution >= 0.6 is 11.3 Å². The molecule has 0 atom stereocenters. The highest BCUT2D eigenvalue weighted by molar-refractivity contribution is 7.17. The second kappa shape index (κ2) is 5.89. The van der Waals surface area contributed by atoms with Gasteiger partial charge in [0.25, 0.3) is 0 Å². The highest BCUT2D eigenvalue weighted by Crippen LogP contribution is 2.35. The van der Waals surface area contributed by atoms with Crippen molar-refractivity contribution in [3.63, 3.8) is 0 Å². The van der Waals surface area contributed by atoms with Crippen LogP contribution in [-0.2, 0) is 0 Å². The lowest BCUT2D eigenvalue weighted by Crippen LogP contribution is -1.95. The molecule has 0 N–H and O–H groups in total. The normalized spacial score (nSPS) is 11.2. The molecule has 2 aromatic carbocycles. The van der Waals surface area contributed by atoms with E-state index >= 15 is 0 Å². The molecule has 2 aromatic heterocycles. The second-order valence-electron chi connectivity index (χ2n) is 5.60. The number of imidazole rings is 1. The molecule has 0 aliphatic carbocycles. The first-order valence-electron chi connectivity index (χ1n) is 7.57. The number of fused-ring (bicyclic) bond motifs is 1. The number of carbonyl (C=O) groups excluding carboxylic acids is 1. The summed E-state index contributed by atoms with van der Waals surface area (Å²) in [6.45, 7) is 1.93. The fraction of sp³-hybridized carbons (Fsp3) is 0.0526. The summed E-state index contributed by atoms with van der Waals surface area (Å²) < 4.78 is 28.2. The Kier molecular flexibility index (Phi) is 3.69. The van der Waals surface area contributed by atoms with Gasteiger partial charge >= 0.3 is 0 Å². The molecule has 0 saturated heterocycles. The van der Waals surface area contributed by atoms with Gasteiger partial charge < -0.3 is 0 Å². The number of rotatable bonds is 3. The van der Waals surface area contributed by atoms with E-state index in [0.717, 1.165) is 22.4 Å². The van der Waals surface area contributed by atoms with Crippen LogP contribution in [0.15, 0.2) is 48.5 Å². The zero-order valence-electron chi connectivity index (χ0n) is 13.2. The summed E-state index contributed by atoms with van der Waals surface area (Å²) in [5, 5.41) is 0. The predicted molar refractivity (Wildman–Crippen MR) is 94.0 cm³/mol. The maximum atomic E-state index is 13.2. The number of halogens is 2. The van der Waals surface area contributed by atoms with E-state index in [1.165, 1.54) is 35.6 Å². The molecular formula is C19H12F2N2OS. The average Bonchev–Trinajstić information content (AvgIpc) is 3.11. The lowest BCUT2D eigenvalue weighted by Gasteiger charge is -2.05. The zero-order chi connectivity index (χ0) is 17.6. The molecule has 2 heterocycles. The molecule has 0 amide bonds. The van der Waals surface area contributed by atoms with E-state index in [2.05, 4.69) is 4.98 Å². The van der Waals surface area contributed by atoms with E-state index in [0.29, 0.717) is 21.9 Å². The fourth-order valence-electron chi connectivity index (χ4n) is 2.91. The van der Waals surface area contributed by atoms with Crippen LogP contribution in [0.25, 0.3) is 27.5 Å². The number of hydrogen-bond acceptors (Lipinski definition) is 3. The molecule has 0 saturated carbocycles. The standard InChI is InChI=1S/C19H12F2N2OS/c1-11-18(13-4-8-15(21)9-5-13)23-16(10-24)17(22-19(23)25-11)12-2-6-14(20)7-3-12/h2-10H,1H3. The van der Waals surface area contributed by atoms with Crippen molar-refractivity contribution in [3.05, 3.63) is 70.7 Å². The van der Waals surface area contributed by atoms with E-state index in [4.69, 9.17) is 0 Å². The number of aromatic nitrogens is 2. The minimum Gasteiger partial charge on any atom is -0.296 e. The summed E-state index contributed by atoms with van der Waals surface area (Å²) in [6.07, 6.45) is 0.748. The Labute approximate surface area is 146 Å². The Morgan fingerprint density at radius 2 is 1.52 bits per heavy atom. The summed E-state index contributed by atoms with van der Waals surface area (Å²) in [7, 11) is 0. The van der Waals surface area contributed by atoms with Crippen molar-refractivity contribution in [2.45, 2.75) is 6.92 Å². The van der Waals surface area contributed by atoms with Crippen LogP contribution in [0.2, 0.25) is 0 Å². The molecule has 6 heteroatoms. The van der Waals surface area contributed by atoms with Crippen molar-refractivity contribution < 1.29 is 13.6 Å². The monoisotopic (exact) mass is 354 g/mol. The van der Waals surface area contributed by atoms with Gasteiger partial charge in [0.1, 0.15) is 23.0 Å². The van der Waals surface area contributed by atoms with Crippen LogP contribution < -0.4 is 0 Å². The number of benzene rings is 2.